The molecule has 2 nitrogen and oxygen atoms in total. The molecule has 0 saturated carbocycles. The Morgan fingerprint density at radius 3 is 2.05 bits per heavy atom. The molecule has 2 aromatic rings. The Balaban J connectivity index is 2.37. The average molecular weight is 356 g/mol. The monoisotopic (exact) mass is 354 g/mol. The SMILES string of the molecule is FC(F)(F)CCc1nc(Cl)c(-c2ccccc2Cl)c(Cl)n1. The summed E-state index contributed by atoms with van der Waals surface area (Å²) < 4.78 is 36.6. The van der Waals surface area contributed by atoms with Crippen molar-refractivity contribution in [3.8, 4) is 11.1 Å². The number of hydrogen-bond acceptors (Lipinski definition) is 2. The van der Waals surface area contributed by atoms with E-state index in [0.29, 0.717) is 16.1 Å². The molecule has 8 heteroatoms. The van der Waals surface area contributed by atoms with E-state index in [1.165, 1.54) is 0 Å². The fraction of sp³-hybridized carbons (Fsp3) is 0.231. The van der Waals surface area contributed by atoms with Crippen LogP contribution in [0.2, 0.25) is 15.3 Å². The third-order valence-electron chi connectivity index (χ3n) is 2.64. The van der Waals surface area contributed by atoms with Gasteiger partial charge in [-0.2, -0.15) is 13.2 Å². The Labute approximate surface area is 133 Å². The Hall–Kier alpha value is -1.04. The first kappa shape index (κ1) is 16.3. The highest BCUT2D eigenvalue weighted by Crippen LogP contribution is 2.36. The number of nitrogens with zero attached hydrogens (tertiary/aromatic N) is 2. The first-order chi connectivity index (χ1) is 9.78. The number of halogens is 6. The minimum absolute atomic E-state index is 0.0275. The van der Waals surface area contributed by atoms with Crippen molar-refractivity contribution in [2.75, 3.05) is 0 Å². The van der Waals surface area contributed by atoms with Crippen LogP contribution in [0.1, 0.15) is 12.2 Å². The van der Waals surface area contributed by atoms with Crippen LogP contribution >= 0.6 is 34.8 Å². The highest BCUT2D eigenvalue weighted by Gasteiger charge is 2.27. The predicted molar refractivity (Wildman–Crippen MR) is 76.9 cm³/mol. The molecule has 0 atom stereocenters. The molecule has 0 N–H and O–H groups in total. The van der Waals surface area contributed by atoms with Gasteiger partial charge in [-0.25, -0.2) is 9.97 Å². The van der Waals surface area contributed by atoms with E-state index in [4.69, 9.17) is 34.8 Å². The molecule has 1 aromatic heterocycles. The van der Waals surface area contributed by atoms with Crippen LogP contribution in [0.25, 0.3) is 11.1 Å². The van der Waals surface area contributed by atoms with Crippen LogP contribution in [0.4, 0.5) is 13.2 Å². The summed E-state index contributed by atoms with van der Waals surface area (Å²) in [5, 5.41) is 0.341. The van der Waals surface area contributed by atoms with Crippen molar-refractivity contribution >= 4 is 34.8 Å². The predicted octanol–water partition coefficient (Wildman–Crippen LogP) is 5.60. The molecule has 0 spiro atoms. The van der Waals surface area contributed by atoms with Gasteiger partial charge in [0.25, 0.3) is 0 Å². The molecule has 0 bridgehead atoms. The van der Waals surface area contributed by atoms with E-state index in [1.807, 2.05) is 0 Å². The van der Waals surface area contributed by atoms with Gasteiger partial charge in [-0.05, 0) is 6.07 Å². The van der Waals surface area contributed by atoms with Gasteiger partial charge in [0.1, 0.15) is 16.1 Å². The van der Waals surface area contributed by atoms with Gasteiger partial charge in [0.05, 0.1) is 12.0 Å². The van der Waals surface area contributed by atoms with Gasteiger partial charge >= 0.3 is 6.18 Å². The van der Waals surface area contributed by atoms with Crippen molar-refractivity contribution in [3.05, 3.63) is 45.4 Å². The van der Waals surface area contributed by atoms with E-state index in [0.717, 1.165) is 0 Å². The second-order valence-corrected chi connectivity index (χ2v) is 5.31. The van der Waals surface area contributed by atoms with Gasteiger partial charge in [0.15, 0.2) is 0 Å². The smallest absolute Gasteiger partial charge is 0.220 e. The summed E-state index contributed by atoms with van der Waals surface area (Å²) in [6, 6.07) is 6.77. The molecule has 21 heavy (non-hydrogen) atoms. The zero-order valence-corrected chi connectivity index (χ0v) is 12.7. The normalized spacial score (nSPS) is 11.7. The first-order valence-electron chi connectivity index (χ1n) is 5.81. The number of alkyl halides is 3. The Morgan fingerprint density at radius 2 is 1.52 bits per heavy atom. The van der Waals surface area contributed by atoms with Crippen LogP contribution in [0, 0.1) is 0 Å². The molecule has 0 unspecified atom stereocenters. The van der Waals surface area contributed by atoms with Crippen molar-refractivity contribution < 1.29 is 13.2 Å². The third-order valence-corrected chi connectivity index (χ3v) is 3.52. The summed E-state index contributed by atoms with van der Waals surface area (Å²) in [5.74, 6) is -0.0573. The maximum Gasteiger partial charge on any atom is 0.389 e. The zero-order chi connectivity index (χ0) is 15.6. The van der Waals surface area contributed by atoms with Crippen LogP contribution in [0.15, 0.2) is 24.3 Å². The van der Waals surface area contributed by atoms with E-state index >= 15 is 0 Å². The summed E-state index contributed by atoms with van der Waals surface area (Å²) in [4.78, 5) is 7.73. The fourth-order valence-corrected chi connectivity index (χ4v) is 2.56. The first-order valence-corrected chi connectivity index (χ1v) is 6.95. The molecule has 0 aliphatic carbocycles. The van der Waals surface area contributed by atoms with Gasteiger partial charge in [-0.15, -0.1) is 0 Å². The average Bonchev–Trinajstić information content (AvgIpc) is 2.37. The largest absolute Gasteiger partial charge is 0.389 e. The van der Waals surface area contributed by atoms with Gasteiger partial charge in [-0.3, -0.25) is 0 Å². The van der Waals surface area contributed by atoms with Crippen molar-refractivity contribution in [2.24, 2.45) is 0 Å². The Morgan fingerprint density at radius 1 is 0.952 bits per heavy atom. The Kier molecular flexibility index (Phi) is 4.96. The summed E-state index contributed by atoms with van der Waals surface area (Å²) in [6.45, 7) is 0. The molecule has 1 heterocycles. The fourth-order valence-electron chi connectivity index (χ4n) is 1.70. The summed E-state index contributed by atoms with van der Waals surface area (Å²) in [6.07, 6.45) is -5.71. The van der Waals surface area contributed by atoms with Gasteiger partial charge in [0.2, 0.25) is 0 Å². The van der Waals surface area contributed by atoms with Crippen LogP contribution < -0.4 is 0 Å². The third kappa shape index (κ3) is 4.22. The molecule has 0 saturated heterocycles. The topological polar surface area (TPSA) is 25.8 Å². The molecule has 2 rings (SSSR count). The van der Waals surface area contributed by atoms with Crippen molar-refractivity contribution in [2.45, 2.75) is 19.0 Å². The minimum Gasteiger partial charge on any atom is -0.220 e. The highest BCUT2D eigenvalue weighted by atomic mass is 35.5. The van der Waals surface area contributed by atoms with Crippen molar-refractivity contribution in [3.63, 3.8) is 0 Å². The Bertz CT molecular complexity index is 636. The molecule has 0 aliphatic rings. The van der Waals surface area contributed by atoms with Crippen molar-refractivity contribution in [1.82, 2.24) is 9.97 Å². The maximum absolute atomic E-state index is 12.2. The molecule has 0 aliphatic heterocycles. The zero-order valence-electron chi connectivity index (χ0n) is 10.4. The lowest BCUT2D eigenvalue weighted by atomic mass is 10.1. The second-order valence-electron chi connectivity index (χ2n) is 4.19. The number of hydrogen-bond donors (Lipinski definition) is 0. The lowest BCUT2D eigenvalue weighted by Gasteiger charge is -2.10. The van der Waals surface area contributed by atoms with E-state index in [2.05, 4.69) is 9.97 Å². The van der Waals surface area contributed by atoms with Crippen LogP contribution in [0.3, 0.4) is 0 Å². The van der Waals surface area contributed by atoms with Gasteiger partial charge < -0.3 is 0 Å². The van der Waals surface area contributed by atoms with E-state index < -0.39 is 12.6 Å². The van der Waals surface area contributed by atoms with Crippen LogP contribution in [0.5, 0.6) is 0 Å². The minimum atomic E-state index is -4.29. The number of rotatable bonds is 3. The molecule has 0 amide bonds. The van der Waals surface area contributed by atoms with Gasteiger partial charge in [-0.1, -0.05) is 53.0 Å². The van der Waals surface area contributed by atoms with Crippen LogP contribution in [-0.2, 0) is 6.42 Å². The lowest BCUT2D eigenvalue weighted by Crippen LogP contribution is -2.10. The number of benzene rings is 1. The number of aryl methyl sites for hydroxylation is 1. The van der Waals surface area contributed by atoms with Gasteiger partial charge in [0, 0.05) is 17.0 Å². The van der Waals surface area contributed by atoms with E-state index in [1.54, 1.807) is 24.3 Å². The second kappa shape index (κ2) is 6.38. The summed E-state index contributed by atoms with van der Waals surface area (Å²) in [7, 11) is 0. The molecule has 0 radical (unpaired) electrons. The standard InChI is InChI=1S/C13H8Cl3F3N2/c14-8-4-2-1-3-7(8)10-11(15)20-9(21-12(10)16)5-6-13(17,18)19/h1-4H,5-6H2. The molecule has 112 valence electrons. The van der Waals surface area contributed by atoms with Crippen LogP contribution in [-0.4, -0.2) is 16.1 Å². The summed E-state index contributed by atoms with van der Waals surface area (Å²) >= 11 is 18.1. The van der Waals surface area contributed by atoms with Crippen molar-refractivity contribution in [1.29, 1.82) is 0 Å². The molecular weight excluding hydrogens is 348 g/mol. The molecule has 0 fully saturated rings. The van der Waals surface area contributed by atoms with E-state index in [9.17, 15) is 13.2 Å². The summed E-state index contributed by atoms with van der Waals surface area (Å²) in [5.41, 5.74) is 0.830. The highest BCUT2D eigenvalue weighted by molar-refractivity contribution is 6.40. The molecular formula is C13H8Cl3F3N2. The molecule has 1 aromatic carbocycles. The number of aromatic nitrogens is 2. The lowest BCUT2D eigenvalue weighted by molar-refractivity contribution is -0.134. The quantitative estimate of drug-likeness (QED) is 0.670. The maximum atomic E-state index is 12.2. The van der Waals surface area contributed by atoms with E-state index in [-0.39, 0.29) is 22.6 Å².